The highest BCUT2D eigenvalue weighted by molar-refractivity contribution is 6.44. The van der Waals surface area contributed by atoms with Crippen LogP contribution >= 0.6 is 11.6 Å². The Morgan fingerprint density at radius 2 is 1.89 bits per heavy atom. The van der Waals surface area contributed by atoms with Crippen molar-refractivity contribution in [2.75, 3.05) is 20.8 Å². The molecule has 0 radical (unpaired) electrons. The van der Waals surface area contributed by atoms with Crippen molar-refractivity contribution in [1.29, 1.82) is 0 Å². The molecule has 28 heavy (non-hydrogen) atoms. The molecule has 1 aromatic carbocycles. The van der Waals surface area contributed by atoms with Crippen LogP contribution in [0.5, 0.6) is 5.75 Å². The van der Waals surface area contributed by atoms with Crippen molar-refractivity contribution in [3.05, 3.63) is 28.8 Å². The van der Waals surface area contributed by atoms with E-state index >= 15 is 0 Å². The van der Waals surface area contributed by atoms with Gasteiger partial charge in [-0.15, -0.1) is 0 Å². The van der Waals surface area contributed by atoms with E-state index in [0.29, 0.717) is 17.3 Å². The molecule has 1 aliphatic carbocycles. The molecule has 1 heterocycles. The summed E-state index contributed by atoms with van der Waals surface area (Å²) in [6.45, 7) is 2.47. The maximum absolute atomic E-state index is 12.9. The quantitative estimate of drug-likeness (QED) is 0.535. The van der Waals surface area contributed by atoms with Crippen LogP contribution in [0, 0.1) is 5.92 Å². The highest BCUT2D eigenvalue weighted by atomic mass is 35.5. The van der Waals surface area contributed by atoms with Gasteiger partial charge >= 0.3 is 17.8 Å². The monoisotopic (exact) mass is 407 g/mol. The minimum absolute atomic E-state index is 0.0245. The van der Waals surface area contributed by atoms with Crippen molar-refractivity contribution in [3.63, 3.8) is 0 Å². The predicted octanol–water partition coefficient (Wildman–Crippen LogP) is 3.11. The Balaban J connectivity index is 1.71. The third kappa shape index (κ3) is 4.00. The van der Waals surface area contributed by atoms with Crippen molar-refractivity contribution in [2.24, 2.45) is 5.92 Å². The number of hydrogen-bond donors (Lipinski definition) is 0. The van der Waals surface area contributed by atoms with Crippen molar-refractivity contribution in [1.82, 2.24) is 14.7 Å². The second kappa shape index (κ2) is 8.49. The van der Waals surface area contributed by atoms with Crippen molar-refractivity contribution < 1.29 is 19.1 Å². The highest BCUT2D eigenvalue weighted by Gasteiger charge is 2.49. The van der Waals surface area contributed by atoms with Crippen LogP contribution in [0.25, 0.3) is 0 Å². The zero-order chi connectivity index (χ0) is 20.4. The Morgan fingerprint density at radius 3 is 2.57 bits per heavy atom. The first-order valence-corrected chi connectivity index (χ1v) is 9.91. The summed E-state index contributed by atoms with van der Waals surface area (Å²) in [6.07, 6.45) is 3.78. The molecule has 2 aliphatic rings. The van der Waals surface area contributed by atoms with Gasteiger partial charge in [-0.1, -0.05) is 31.4 Å². The van der Waals surface area contributed by atoms with Gasteiger partial charge in [-0.05, 0) is 44.0 Å². The fraction of sp³-hybridized carbons (Fsp3) is 0.550. The van der Waals surface area contributed by atoms with Gasteiger partial charge in [-0.3, -0.25) is 19.4 Å². The number of halogens is 1. The van der Waals surface area contributed by atoms with Gasteiger partial charge in [-0.2, -0.15) is 0 Å². The molecule has 1 saturated heterocycles. The molecule has 4 amide bonds. The van der Waals surface area contributed by atoms with Crippen LogP contribution in [0.1, 0.15) is 38.2 Å². The lowest BCUT2D eigenvalue weighted by Gasteiger charge is -2.34. The zero-order valence-electron chi connectivity index (χ0n) is 16.5. The van der Waals surface area contributed by atoms with E-state index < -0.39 is 17.8 Å². The zero-order valence-corrected chi connectivity index (χ0v) is 17.2. The first-order valence-electron chi connectivity index (χ1n) is 9.53. The number of urea groups is 1. The fourth-order valence-electron chi connectivity index (χ4n) is 4.07. The van der Waals surface area contributed by atoms with E-state index in [-0.39, 0.29) is 18.6 Å². The van der Waals surface area contributed by atoms with E-state index in [9.17, 15) is 14.4 Å². The number of methoxy groups -OCH3 is 1. The molecule has 1 saturated carbocycles. The maximum atomic E-state index is 12.9. The van der Waals surface area contributed by atoms with Crippen molar-refractivity contribution in [3.8, 4) is 5.75 Å². The summed E-state index contributed by atoms with van der Waals surface area (Å²) < 4.78 is 5.34. The van der Waals surface area contributed by atoms with Gasteiger partial charge in [0.25, 0.3) is 0 Å². The van der Waals surface area contributed by atoms with Crippen LogP contribution in [-0.2, 0) is 16.1 Å². The minimum atomic E-state index is -0.757. The lowest BCUT2D eigenvalue weighted by atomic mass is 9.85. The van der Waals surface area contributed by atoms with Crippen molar-refractivity contribution in [2.45, 2.75) is 45.2 Å². The molecule has 0 unspecified atom stereocenters. The number of carbonyl (C=O) groups is 3. The number of amides is 4. The number of imide groups is 2. The van der Waals surface area contributed by atoms with Crippen LogP contribution in [0.4, 0.5) is 4.79 Å². The van der Waals surface area contributed by atoms with Gasteiger partial charge in [0.15, 0.2) is 0 Å². The Kier molecular flexibility index (Phi) is 6.25. The second-order valence-corrected chi connectivity index (χ2v) is 8.07. The molecular weight excluding hydrogens is 382 g/mol. The van der Waals surface area contributed by atoms with Crippen molar-refractivity contribution >= 4 is 29.4 Å². The normalized spacial score (nSPS) is 23.1. The Bertz CT molecular complexity index is 785. The fourth-order valence-corrected chi connectivity index (χ4v) is 4.27. The van der Waals surface area contributed by atoms with Crippen LogP contribution in [-0.4, -0.2) is 59.4 Å². The molecule has 3 rings (SSSR count). The summed E-state index contributed by atoms with van der Waals surface area (Å²) in [5, 5.41) is 0.574. The molecule has 0 spiro atoms. The van der Waals surface area contributed by atoms with E-state index in [1.807, 2.05) is 6.92 Å². The molecule has 1 aliphatic heterocycles. The van der Waals surface area contributed by atoms with Gasteiger partial charge in [0.05, 0.1) is 13.8 Å². The summed E-state index contributed by atoms with van der Waals surface area (Å²) >= 11 is 6.07. The number of carbonyl (C=O) groups excluding carboxylic acids is 3. The first-order chi connectivity index (χ1) is 13.3. The van der Waals surface area contributed by atoms with E-state index in [1.165, 1.54) is 4.90 Å². The maximum Gasteiger partial charge on any atom is 0.335 e. The average molecular weight is 408 g/mol. The first kappa shape index (κ1) is 20.6. The molecule has 152 valence electrons. The molecule has 0 N–H and O–H groups in total. The van der Waals surface area contributed by atoms with Gasteiger partial charge in [0, 0.05) is 23.2 Å². The topological polar surface area (TPSA) is 70.2 Å². The average Bonchev–Trinajstić information content (AvgIpc) is 2.86. The molecule has 0 bridgehead atoms. The smallest absolute Gasteiger partial charge is 0.335 e. The summed E-state index contributed by atoms with van der Waals surface area (Å²) in [7, 11) is 3.35. The summed E-state index contributed by atoms with van der Waals surface area (Å²) in [5.41, 5.74) is 0.834. The summed E-state index contributed by atoms with van der Waals surface area (Å²) in [4.78, 5) is 41.9. The molecule has 0 aromatic heterocycles. The van der Waals surface area contributed by atoms with Gasteiger partial charge < -0.3 is 4.74 Å². The van der Waals surface area contributed by atoms with E-state index in [1.54, 1.807) is 37.3 Å². The lowest BCUT2D eigenvalue weighted by molar-refractivity contribution is -0.145. The van der Waals surface area contributed by atoms with Gasteiger partial charge in [0.1, 0.15) is 5.75 Å². The Labute approximate surface area is 170 Å². The predicted molar refractivity (Wildman–Crippen MR) is 105 cm³/mol. The SMILES string of the molecule is COc1ccc(Cl)cc1CN(C)CN1C(=O)C(=O)N([C@H]2CCCC[C@@H]2C)C1=O. The highest BCUT2D eigenvalue weighted by Crippen LogP contribution is 2.31. The molecular formula is C20H26ClN3O4. The van der Waals surface area contributed by atoms with Gasteiger partial charge in [-0.25, -0.2) is 9.69 Å². The number of benzene rings is 1. The molecule has 1 aromatic rings. The summed E-state index contributed by atoms with van der Waals surface area (Å²) in [6, 6.07) is 4.58. The van der Waals surface area contributed by atoms with E-state index in [0.717, 1.165) is 36.1 Å². The Morgan fingerprint density at radius 1 is 1.18 bits per heavy atom. The number of hydrogen-bond acceptors (Lipinski definition) is 5. The standard InChI is InChI=1S/C20H26ClN3O4/c1-13-6-4-5-7-16(13)24-19(26)18(25)23(20(24)27)12-22(2)11-14-10-15(21)8-9-17(14)28-3/h8-10,13,16H,4-7,11-12H2,1-3H3/t13-,16-/m0/s1. The number of nitrogens with zero attached hydrogens (tertiary/aromatic N) is 3. The van der Waals surface area contributed by atoms with E-state index in [4.69, 9.17) is 16.3 Å². The number of rotatable bonds is 6. The summed E-state index contributed by atoms with van der Waals surface area (Å²) in [5.74, 6) is -0.586. The second-order valence-electron chi connectivity index (χ2n) is 7.63. The largest absolute Gasteiger partial charge is 0.496 e. The molecule has 2 fully saturated rings. The van der Waals surface area contributed by atoms with E-state index in [2.05, 4.69) is 0 Å². The van der Waals surface area contributed by atoms with Crippen LogP contribution in [0.15, 0.2) is 18.2 Å². The molecule has 7 nitrogen and oxygen atoms in total. The van der Waals surface area contributed by atoms with Gasteiger partial charge in [0.2, 0.25) is 0 Å². The molecule has 2 atom stereocenters. The van der Waals surface area contributed by atoms with Crippen LogP contribution < -0.4 is 4.74 Å². The third-order valence-electron chi connectivity index (χ3n) is 5.55. The van der Waals surface area contributed by atoms with Crippen LogP contribution in [0.3, 0.4) is 0 Å². The minimum Gasteiger partial charge on any atom is -0.496 e. The lowest BCUT2D eigenvalue weighted by Crippen LogP contribution is -2.46. The third-order valence-corrected chi connectivity index (χ3v) is 5.78. The Hall–Kier alpha value is -2.12. The van der Waals surface area contributed by atoms with Crippen LogP contribution in [0.2, 0.25) is 5.02 Å². The molecule has 8 heteroatoms. The number of ether oxygens (including phenoxy) is 1.